The topological polar surface area (TPSA) is 84.9 Å². The molecule has 1 fully saturated rings. The number of benzene rings is 2. The Morgan fingerprint density at radius 1 is 1.10 bits per heavy atom. The van der Waals surface area contributed by atoms with E-state index in [1.807, 2.05) is 27.7 Å². The van der Waals surface area contributed by atoms with Gasteiger partial charge in [0.1, 0.15) is 5.57 Å². The van der Waals surface area contributed by atoms with Crippen LogP contribution in [0.3, 0.4) is 0 Å². The minimum Gasteiger partial charge on any atom is -0.490 e. The van der Waals surface area contributed by atoms with E-state index < -0.39 is 17.8 Å². The summed E-state index contributed by atoms with van der Waals surface area (Å²) in [4.78, 5) is 38.9. The number of aryl methyl sites for hydroxylation is 1. The third-order valence-corrected chi connectivity index (χ3v) is 5.33. The van der Waals surface area contributed by atoms with Crippen molar-refractivity contribution < 1.29 is 23.9 Å². The van der Waals surface area contributed by atoms with E-state index in [0.29, 0.717) is 29.4 Å². The molecule has 8 heteroatoms. The molecule has 3 rings (SSSR count). The van der Waals surface area contributed by atoms with Gasteiger partial charge in [-0.25, -0.2) is 9.69 Å². The maximum Gasteiger partial charge on any atom is 0.335 e. The first kappa shape index (κ1) is 22.6. The molecule has 1 aliphatic rings. The minimum atomic E-state index is -0.787. The van der Waals surface area contributed by atoms with Gasteiger partial charge in [-0.05, 0) is 75.2 Å². The van der Waals surface area contributed by atoms with Gasteiger partial charge in [-0.1, -0.05) is 22.0 Å². The summed E-state index contributed by atoms with van der Waals surface area (Å²) in [6, 6.07) is 9.42. The molecule has 162 valence electrons. The average molecular weight is 487 g/mol. The molecule has 1 N–H and O–H groups in total. The van der Waals surface area contributed by atoms with E-state index in [2.05, 4.69) is 21.2 Å². The monoisotopic (exact) mass is 486 g/mol. The quantitative estimate of drug-likeness (QED) is 0.475. The van der Waals surface area contributed by atoms with Crippen LogP contribution < -0.4 is 19.7 Å². The second kappa shape index (κ2) is 9.34. The van der Waals surface area contributed by atoms with Crippen LogP contribution in [0.1, 0.15) is 31.9 Å². The summed E-state index contributed by atoms with van der Waals surface area (Å²) in [6.45, 7) is 7.95. The van der Waals surface area contributed by atoms with Gasteiger partial charge >= 0.3 is 6.03 Å². The number of amides is 4. The lowest BCUT2D eigenvalue weighted by molar-refractivity contribution is -0.122. The van der Waals surface area contributed by atoms with Gasteiger partial charge in [0.25, 0.3) is 11.8 Å². The number of ether oxygens (including phenoxy) is 2. The fourth-order valence-electron chi connectivity index (χ4n) is 3.06. The first-order chi connectivity index (χ1) is 14.7. The smallest absolute Gasteiger partial charge is 0.335 e. The molecule has 0 unspecified atom stereocenters. The minimum absolute atomic E-state index is 0.0388. The molecule has 0 atom stereocenters. The van der Waals surface area contributed by atoms with Crippen LogP contribution in [-0.2, 0) is 9.59 Å². The Bertz CT molecular complexity index is 1080. The number of hydrogen-bond acceptors (Lipinski definition) is 5. The number of carbonyl (C=O) groups excluding carboxylic acids is 3. The lowest BCUT2D eigenvalue weighted by Crippen LogP contribution is -2.54. The van der Waals surface area contributed by atoms with Crippen molar-refractivity contribution in [3.63, 3.8) is 0 Å². The molecule has 31 heavy (non-hydrogen) atoms. The third kappa shape index (κ3) is 4.96. The van der Waals surface area contributed by atoms with Crippen molar-refractivity contribution in [3.05, 3.63) is 57.6 Å². The SMILES string of the molecule is CCOc1cc(/C=C2/C(=O)NC(=O)N(c3ccc(Br)c(C)c3)C2=O)ccc1OC(C)C. The molecule has 2 aromatic rings. The highest BCUT2D eigenvalue weighted by Crippen LogP contribution is 2.31. The van der Waals surface area contributed by atoms with Crippen LogP contribution in [0.4, 0.5) is 10.5 Å². The number of rotatable bonds is 6. The second-order valence-electron chi connectivity index (χ2n) is 7.20. The summed E-state index contributed by atoms with van der Waals surface area (Å²) < 4.78 is 12.2. The maximum absolute atomic E-state index is 13.1. The van der Waals surface area contributed by atoms with Gasteiger partial charge in [0, 0.05) is 4.47 Å². The standard InChI is InChI=1S/C23H23BrN2O5/c1-5-30-20-12-15(6-9-19(20)31-13(2)3)11-17-21(27)25-23(29)26(22(17)28)16-7-8-18(24)14(4)10-16/h6-13H,5H2,1-4H3,(H,25,27,29)/b17-11-. The van der Waals surface area contributed by atoms with E-state index >= 15 is 0 Å². The number of halogens is 1. The number of nitrogens with one attached hydrogen (secondary N) is 1. The Balaban J connectivity index is 1.99. The first-order valence-corrected chi connectivity index (χ1v) is 10.6. The molecular formula is C23H23BrN2O5. The highest BCUT2D eigenvalue weighted by molar-refractivity contribution is 9.10. The molecule has 1 saturated heterocycles. The summed E-state index contributed by atoms with van der Waals surface area (Å²) >= 11 is 3.40. The highest BCUT2D eigenvalue weighted by Gasteiger charge is 2.37. The predicted octanol–water partition coefficient (Wildman–Crippen LogP) is 4.61. The fraction of sp³-hybridized carbons (Fsp3) is 0.261. The molecule has 0 spiro atoms. The van der Waals surface area contributed by atoms with Crippen molar-refractivity contribution in [2.24, 2.45) is 0 Å². The zero-order valence-corrected chi connectivity index (χ0v) is 19.3. The molecular weight excluding hydrogens is 464 g/mol. The van der Waals surface area contributed by atoms with Crippen molar-refractivity contribution in [2.75, 3.05) is 11.5 Å². The van der Waals surface area contributed by atoms with Crippen LogP contribution in [-0.4, -0.2) is 30.6 Å². The largest absolute Gasteiger partial charge is 0.490 e. The number of imide groups is 2. The molecule has 1 aliphatic heterocycles. The van der Waals surface area contributed by atoms with Crippen LogP contribution in [0, 0.1) is 6.92 Å². The molecule has 4 amide bonds. The van der Waals surface area contributed by atoms with Gasteiger partial charge in [0.15, 0.2) is 11.5 Å². The van der Waals surface area contributed by atoms with Crippen LogP contribution in [0.25, 0.3) is 6.08 Å². The van der Waals surface area contributed by atoms with Crippen LogP contribution in [0.2, 0.25) is 0 Å². The van der Waals surface area contributed by atoms with Gasteiger partial charge in [-0.3, -0.25) is 14.9 Å². The molecule has 7 nitrogen and oxygen atoms in total. The van der Waals surface area contributed by atoms with Crippen molar-refractivity contribution in [1.82, 2.24) is 5.32 Å². The van der Waals surface area contributed by atoms with E-state index in [1.54, 1.807) is 36.4 Å². The van der Waals surface area contributed by atoms with Gasteiger partial charge in [0.2, 0.25) is 0 Å². The number of hydrogen-bond donors (Lipinski definition) is 1. The zero-order chi connectivity index (χ0) is 22.7. The molecule has 2 aromatic carbocycles. The number of barbiturate groups is 1. The lowest BCUT2D eigenvalue weighted by atomic mass is 10.1. The van der Waals surface area contributed by atoms with Crippen molar-refractivity contribution in [3.8, 4) is 11.5 Å². The number of urea groups is 1. The second-order valence-corrected chi connectivity index (χ2v) is 8.05. The van der Waals surface area contributed by atoms with Crippen molar-refractivity contribution >= 4 is 45.5 Å². The van der Waals surface area contributed by atoms with Gasteiger partial charge in [-0.15, -0.1) is 0 Å². The fourth-order valence-corrected chi connectivity index (χ4v) is 3.31. The van der Waals surface area contributed by atoms with Crippen molar-refractivity contribution in [2.45, 2.75) is 33.8 Å². The normalized spacial score (nSPS) is 15.5. The summed E-state index contributed by atoms with van der Waals surface area (Å²) in [7, 11) is 0. The van der Waals surface area contributed by atoms with E-state index in [-0.39, 0.29) is 11.7 Å². The molecule has 0 radical (unpaired) electrons. The van der Waals surface area contributed by atoms with E-state index in [1.165, 1.54) is 6.08 Å². The summed E-state index contributed by atoms with van der Waals surface area (Å²) in [5.74, 6) is -0.372. The lowest BCUT2D eigenvalue weighted by Gasteiger charge is -2.26. The Kier molecular flexibility index (Phi) is 6.80. The number of carbonyl (C=O) groups is 3. The summed E-state index contributed by atoms with van der Waals surface area (Å²) in [5.41, 5.74) is 1.64. The van der Waals surface area contributed by atoms with Gasteiger partial charge in [-0.2, -0.15) is 0 Å². The summed E-state index contributed by atoms with van der Waals surface area (Å²) in [6.07, 6.45) is 1.40. The molecule has 0 bridgehead atoms. The predicted molar refractivity (Wildman–Crippen MR) is 121 cm³/mol. The van der Waals surface area contributed by atoms with Crippen LogP contribution in [0.5, 0.6) is 11.5 Å². The Hall–Kier alpha value is -3.13. The Labute approximate surface area is 189 Å². The van der Waals surface area contributed by atoms with Crippen molar-refractivity contribution in [1.29, 1.82) is 0 Å². The highest BCUT2D eigenvalue weighted by atomic mass is 79.9. The molecule has 0 saturated carbocycles. The number of nitrogens with zero attached hydrogens (tertiary/aromatic N) is 1. The average Bonchev–Trinajstić information content (AvgIpc) is 2.69. The molecule has 0 aromatic heterocycles. The number of anilines is 1. The van der Waals surface area contributed by atoms with E-state index in [0.717, 1.165) is 14.9 Å². The van der Waals surface area contributed by atoms with Crippen LogP contribution in [0.15, 0.2) is 46.4 Å². The van der Waals surface area contributed by atoms with E-state index in [4.69, 9.17) is 9.47 Å². The maximum atomic E-state index is 13.1. The zero-order valence-electron chi connectivity index (χ0n) is 17.7. The Morgan fingerprint density at radius 2 is 1.84 bits per heavy atom. The van der Waals surface area contributed by atoms with Crippen LogP contribution >= 0.6 is 15.9 Å². The first-order valence-electron chi connectivity index (χ1n) is 9.82. The summed E-state index contributed by atoms with van der Waals surface area (Å²) in [5, 5.41) is 2.23. The van der Waals surface area contributed by atoms with E-state index in [9.17, 15) is 14.4 Å². The van der Waals surface area contributed by atoms with Gasteiger partial charge < -0.3 is 9.47 Å². The third-order valence-electron chi connectivity index (χ3n) is 4.44. The van der Waals surface area contributed by atoms with Gasteiger partial charge in [0.05, 0.1) is 18.4 Å². The Morgan fingerprint density at radius 3 is 2.48 bits per heavy atom. The molecule has 0 aliphatic carbocycles. The molecule has 1 heterocycles.